The molecule has 9 heteroatoms. The van der Waals surface area contributed by atoms with E-state index in [1.807, 2.05) is 31.9 Å². The second kappa shape index (κ2) is 7.95. The molecule has 0 atom stereocenters. The first kappa shape index (κ1) is 20.4. The van der Waals surface area contributed by atoms with E-state index in [2.05, 4.69) is 14.7 Å². The smallest absolute Gasteiger partial charge is 0.263 e. The van der Waals surface area contributed by atoms with E-state index in [1.54, 1.807) is 24.3 Å². The van der Waals surface area contributed by atoms with Gasteiger partial charge in [-0.25, -0.2) is 18.4 Å². The third-order valence-electron chi connectivity index (χ3n) is 3.96. The van der Waals surface area contributed by atoms with Crippen molar-refractivity contribution < 1.29 is 8.42 Å². The quantitative estimate of drug-likeness (QED) is 0.610. The van der Waals surface area contributed by atoms with Gasteiger partial charge in [-0.3, -0.25) is 4.72 Å². The molecule has 0 spiro atoms. The molecule has 0 saturated heterocycles. The van der Waals surface area contributed by atoms with Crippen LogP contribution in [0.15, 0.2) is 53.4 Å². The molecule has 2 aromatic carbocycles. The highest BCUT2D eigenvalue weighted by Gasteiger charge is 2.18. The van der Waals surface area contributed by atoms with Crippen LogP contribution in [-0.4, -0.2) is 25.4 Å². The number of anilines is 3. The summed E-state index contributed by atoms with van der Waals surface area (Å²) in [5, 5.41) is 0.424. The highest BCUT2D eigenvalue weighted by molar-refractivity contribution is 7.92. The minimum atomic E-state index is -3.84. The standard InChI is InChI=1S/C19H18Cl2N4O2S/c1-12-10-13(2)23-19(22-12)25(3)16-7-5-15(6-8-16)24-28(26,27)18-9-4-14(20)11-17(18)21/h4-11,24H,1-3H3. The van der Waals surface area contributed by atoms with Gasteiger partial charge in [-0.15, -0.1) is 0 Å². The van der Waals surface area contributed by atoms with Crippen LogP contribution in [0.1, 0.15) is 11.4 Å². The summed E-state index contributed by atoms with van der Waals surface area (Å²) in [5.41, 5.74) is 2.97. The molecule has 6 nitrogen and oxygen atoms in total. The van der Waals surface area contributed by atoms with Gasteiger partial charge in [0.2, 0.25) is 5.95 Å². The fourth-order valence-electron chi connectivity index (χ4n) is 2.63. The normalized spacial score (nSPS) is 11.3. The maximum atomic E-state index is 12.6. The zero-order valence-corrected chi connectivity index (χ0v) is 17.8. The van der Waals surface area contributed by atoms with Gasteiger partial charge in [0.25, 0.3) is 10.0 Å². The van der Waals surface area contributed by atoms with Crippen LogP contribution >= 0.6 is 23.2 Å². The van der Waals surface area contributed by atoms with Crippen molar-refractivity contribution in [3.8, 4) is 0 Å². The minimum Gasteiger partial charge on any atom is -0.314 e. The van der Waals surface area contributed by atoms with Crippen LogP contribution in [0.25, 0.3) is 0 Å². The molecule has 0 bridgehead atoms. The monoisotopic (exact) mass is 436 g/mol. The average Bonchev–Trinajstić information content (AvgIpc) is 2.60. The summed E-state index contributed by atoms with van der Waals surface area (Å²) in [6, 6.07) is 13.0. The van der Waals surface area contributed by atoms with Crippen molar-refractivity contribution in [2.75, 3.05) is 16.7 Å². The van der Waals surface area contributed by atoms with Gasteiger partial charge in [0, 0.05) is 34.8 Å². The molecule has 0 amide bonds. The van der Waals surface area contributed by atoms with Crippen LogP contribution in [0.5, 0.6) is 0 Å². The van der Waals surface area contributed by atoms with Gasteiger partial charge in [0.1, 0.15) is 4.90 Å². The number of sulfonamides is 1. The summed E-state index contributed by atoms with van der Waals surface area (Å²) in [4.78, 5) is 10.6. The number of aromatic nitrogens is 2. The summed E-state index contributed by atoms with van der Waals surface area (Å²) in [5.74, 6) is 0.568. The van der Waals surface area contributed by atoms with E-state index in [4.69, 9.17) is 23.2 Å². The zero-order chi connectivity index (χ0) is 20.5. The van der Waals surface area contributed by atoms with E-state index in [-0.39, 0.29) is 9.92 Å². The van der Waals surface area contributed by atoms with Gasteiger partial charge in [-0.1, -0.05) is 23.2 Å². The number of benzene rings is 2. The van der Waals surface area contributed by atoms with Crippen molar-refractivity contribution in [2.24, 2.45) is 0 Å². The molecular weight excluding hydrogens is 419 g/mol. The molecular formula is C19H18Cl2N4O2S. The number of nitrogens with zero attached hydrogens (tertiary/aromatic N) is 3. The van der Waals surface area contributed by atoms with E-state index in [1.165, 1.54) is 18.2 Å². The Morgan fingerprint density at radius 2 is 1.54 bits per heavy atom. The summed E-state index contributed by atoms with van der Waals surface area (Å²) in [6.45, 7) is 3.82. The first-order valence-electron chi connectivity index (χ1n) is 8.30. The fraction of sp³-hybridized carbons (Fsp3) is 0.158. The van der Waals surface area contributed by atoms with E-state index >= 15 is 0 Å². The predicted molar refractivity (Wildman–Crippen MR) is 113 cm³/mol. The Balaban J connectivity index is 1.82. The van der Waals surface area contributed by atoms with Gasteiger partial charge in [-0.05, 0) is 62.4 Å². The molecule has 1 aromatic heterocycles. The van der Waals surface area contributed by atoms with Crippen molar-refractivity contribution in [1.82, 2.24) is 9.97 Å². The maximum absolute atomic E-state index is 12.6. The highest BCUT2D eigenvalue weighted by Crippen LogP contribution is 2.28. The van der Waals surface area contributed by atoms with Crippen LogP contribution in [0, 0.1) is 13.8 Å². The Kier molecular flexibility index (Phi) is 5.79. The molecule has 28 heavy (non-hydrogen) atoms. The summed E-state index contributed by atoms with van der Waals surface area (Å²) >= 11 is 11.8. The van der Waals surface area contributed by atoms with Crippen molar-refractivity contribution in [3.63, 3.8) is 0 Å². The Morgan fingerprint density at radius 3 is 2.11 bits per heavy atom. The van der Waals surface area contributed by atoms with Crippen LogP contribution in [0.2, 0.25) is 10.0 Å². The average molecular weight is 437 g/mol. The number of hydrogen-bond acceptors (Lipinski definition) is 5. The third-order valence-corrected chi connectivity index (χ3v) is 6.06. The first-order valence-corrected chi connectivity index (χ1v) is 10.5. The number of rotatable bonds is 5. The third kappa shape index (κ3) is 4.55. The van der Waals surface area contributed by atoms with Crippen molar-refractivity contribution in [3.05, 3.63) is 70.0 Å². The lowest BCUT2D eigenvalue weighted by Gasteiger charge is -2.18. The van der Waals surface area contributed by atoms with Gasteiger partial charge in [-0.2, -0.15) is 0 Å². The Labute approximate surface area is 174 Å². The largest absolute Gasteiger partial charge is 0.314 e. The lowest BCUT2D eigenvalue weighted by atomic mass is 10.2. The molecule has 0 aliphatic carbocycles. The number of aryl methyl sites for hydroxylation is 2. The summed E-state index contributed by atoms with van der Waals surface area (Å²) in [6.07, 6.45) is 0. The van der Waals surface area contributed by atoms with Crippen molar-refractivity contribution in [2.45, 2.75) is 18.7 Å². The molecule has 3 aromatic rings. The molecule has 0 radical (unpaired) electrons. The van der Waals surface area contributed by atoms with Crippen molar-refractivity contribution >= 4 is 50.5 Å². The molecule has 1 heterocycles. The number of nitrogens with one attached hydrogen (secondary N) is 1. The van der Waals surface area contributed by atoms with Crippen LogP contribution in [-0.2, 0) is 10.0 Å². The van der Waals surface area contributed by atoms with Crippen molar-refractivity contribution in [1.29, 1.82) is 0 Å². The topological polar surface area (TPSA) is 75.2 Å². The lowest BCUT2D eigenvalue weighted by Crippen LogP contribution is -2.15. The van der Waals surface area contributed by atoms with E-state index in [0.29, 0.717) is 16.7 Å². The Bertz CT molecular complexity index is 1100. The molecule has 0 aliphatic rings. The second-order valence-corrected chi connectivity index (χ2v) is 8.73. The van der Waals surface area contributed by atoms with E-state index in [9.17, 15) is 8.42 Å². The highest BCUT2D eigenvalue weighted by atomic mass is 35.5. The molecule has 3 rings (SSSR count). The van der Waals surface area contributed by atoms with Gasteiger partial charge < -0.3 is 4.90 Å². The Morgan fingerprint density at radius 1 is 0.929 bits per heavy atom. The number of halogens is 2. The Hall–Kier alpha value is -2.35. The van der Waals surface area contributed by atoms with Gasteiger partial charge in [0.15, 0.2) is 0 Å². The lowest BCUT2D eigenvalue weighted by molar-refractivity contribution is 0.601. The maximum Gasteiger partial charge on any atom is 0.263 e. The van der Waals surface area contributed by atoms with Gasteiger partial charge in [0.05, 0.1) is 5.02 Å². The van der Waals surface area contributed by atoms with Gasteiger partial charge >= 0.3 is 0 Å². The first-order chi connectivity index (χ1) is 13.2. The SMILES string of the molecule is Cc1cc(C)nc(N(C)c2ccc(NS(=O)(=O)c3ccc(Cl)cc3Cl)cc2)n1. The predicted octanol–water partition coefficient (Wildman–Crippen LogP) is 4.97. The van der Waals surface area contributed by atoms with E-state index in [0.717, 1.165) is 17.1 Å². The summed E-state index contributed by atoms with van der Waals surface area (Å²) in [7, 11) is -1.99. The molecule has 0 aliphatic heterocycles. The molecule has 1 N–H and O–H groups in total. The minimum absolute atomic E-state index is 0.0385. The fourth-order valence-corrected chi connectivity index (χ4v) is 4.46. The molecule has 0 saturated carbocycles. The second-order valence-electron chi connectivity index (χ2n) is 6.24. The molecule has 0 fully saturated rings. The van der Waals surface area contributed by atoms with Crippen LogP contribution in [0.3, 0.4) is 0 Å². The molecule has 146 valence electrons. The summed E-state index contributed by atoms with van der Waals surface area (Å²) < 4.78 is 27.7. The zero-order valence-electron chi connectivity index (χ0n) is 15.4. The molecule has 0 unspecified atom stereocenters. The van der Waals surface area contributed by atoms with Crippen LogP contribution < -0.4 is 9.62 Å². The number of hydrogen-bond donors (Lipinski definition) is 1. The van der Waals surface area contributed by atoms with Crippen LogP contribution in [0.4, 0.5) is 17.3 Å². The van der Waals surface area contributed by atoms with E-state index < -0.39 is 10.0 Å².